The van der Waals surface area contributed by atoms with Crippen LogP contribution in [0.3, 0.4) is 0 Å². The monoisotopic (exact) mass is 294 g/mol. The molecule has 0 spiro atoms. The summed E-state index contributed by atoms with van der Waals surface area (Å²) < 4.78 is 27.4. The average Bonchev–Trinajstić information content (AvgIpc) is 2.87. The van der Waals surface area contributed by atoms with Gasteiger partial charge >= 0.3 is 0 Å². The van der Waals surface area contributed by atoms with Crippen LogP contribution in [0.5, 0.6) is 0 Å². The summed E-state index contributed by atoms with van der Waals surface area (Å²) in [6.45, 7) is 4.39. The first-order chi connectivity index (χ1) is 10.1. The van der Waals surface area contributed by atoms with Crippen molar-refractivity contribution in [1.82, 2.24) is 10.2 Å². The number of piperidine rings is 1. The SMILES string of the molecule is CC(Cc1c(F)cccc1F)NC1CCN2CCCCC12. The Kier molecular flexibility index (Phi) is 4.55. The highest BCUT2D eigenvalue weighted by Crippen LogP contribution is 2.27. The van der Waals surface area contributed by atoms with E-state index in [4.69, 9.17) is 0 Å². The fraction of sp³-hybridized carbons (Fsp3) is 0.647. The van der Waals surface area contributed by atoms with Crippen molar-refractivity contribution in [3.05, 3.63) is 35.4 Å². The van der Waals surface area contributed by atoms with E-state index in [0.717, 1.165) is 13.0 Å². The molecule has 0 aromatic heterocycles. The molecule has 2 aliphatic rings. The Bertz CT molecular complexity index is 471. The maximum absolute atomic E-state index is 13.7. The normalized spacial score (nSPS) is 27.6. The molecule has 1 aromatic carbocycles. The van der Waals surface area contributed by atoms with Gasteiger partial charge in [-0.25, -0.2) is 8.78 Å². The second-order valence-corrected chi connectivity index (χ2v) is 6.47. The van der Waals surface area contributed by atoms with Crippen LogP contribution in [0.1, 0.15) is 38.2 Å². The highest BCUT2D eigenvalue weighted by atomic mass is 19.1. The van der Waals surface area contributed by atoms with E-state index in [2.05, 4.69) is 10.2 Å². The smallest absolute Gasteiger partial charge is 0.129 e. The summed E-state index contributed by atoms with van der Waals surface area (Å²) in [5.74, 6) is -0.872. The summed E-state index contributed by atoms with van der Waals surface area (Å²) in [6.07, 6.45) is 5.41. The van der Waals surface area contributed by atoms with E-state index in [1.54, 1.807) is 0 Å². The largest absolute Gasteiger partial charge is 0.310 e. The third-order valence-electron chi connectivity index (χ3n) is 4.93. The van der Waals surface area contributed by atoms with Crippen molar-refractivity contribution in [2.24, 2.45) is 0 Å². The lowest BCUT2D eigenvalue weighted by Crippen LogP contribution is -2.48. The molecule has 0 amide bonds. The van der Waals surface area contributed by atoms with Gasteiger partial charge in [0, 0.05) is 30.2 Å². The Morgan fingerprint density at radius 1 is 1.19 bits per heavy atom. The van der Waals surface area contributed by atoms with E-state index in [1.165, 1.54) is 44.0 Å². The summed E-state index contributed by atoms with van der Waals surface area (Å²) in [5, 5.41) is 3.61. The number of hydrogen-bond acceptors (Lipinski definition) is 2. The lowest BCUT2D eigenvalue weighted by molar-refractivity contribution is 0.177. The molecule has 2 aliphatic heterocycles. The predicted octanol–water partition coefficient (Wildman–Crippen LogP) is 3.11. The van der Waals surface area contributed by atoms with Gasteiger partial charge in [0.1, 0.15) is 11.6 Å². The number of halogens is 2. The van der Waals surface area contributed by atoms with Crippen molar-refractivity contribution >= 4 is 0 Å². The molecule has 2 saturated heterocycles. The number of nitrogens with zero attached hydrogens (tertiary/aromatic N) is 1. The maximum Gasteiger partial charge on any atom is 0.129 e. The molecule has 0 saturated carbocycles. The zero-order chi connectivity index (χ0) is 14.8. The van der Waals surface area contributed by atoms with Gasteiger partial charge in [0.25, 0.3) is 0 Å². The van der Waals surface area contributed by atoms with Gasteiger partial charge in [-0.1, -0.05) is 12.5 Å². The zero-order valence-corrected chi connectivity index (χ0v) is 12.6. The first-order valence-electron chi connectivity index (χ1n) is 8.08. The topological polar surface area (TPSA) is 15.3 Å². The lowest BCUT2D eigenvalue weighted by Gasteiger charge is -2.33. The molecule has 0 aliphatic carbocycles. The third kappa shape index (κ3) is 3.27. The molecule has 3 atom stereocenters. The molecule has 21 heavy (non-hydrogen) atoms. The van der Waals surface area contributed by atoms with Crippen LogP contribution < -0.4 is 5.32 Å². The Labute approximate surface area is 125 Å². The second-order valence-electron chi connectivity index (χ2n) is 6.47. The first-order valence-corrected chi connectivity index (χ1v) is 8.08. The van der Waals surface area contributed by atoms with Crippen LogP contribution in [0.4, 0.5) is 8.78 Å². The van der Waals surface area contributed by atoms with Crippen LogP contribution in [0.15, 0.2) is 18.2 Å². The van der Waals surface area contributed by atoms with Gasteiger partial charge in [-0.05, 0) is 51.3 Å². The highest BCUT2D eigenvalue weighted by molar-refractivity contribution is 5.20. The quantitative estimate of drug-likeness (QED) is 0.918. The molecule has 1 N–H and O–H groups in total. The van der Waals surface area contributed by atoms with Gasteiger partial charge in [0.2, 0.25) is 0 Å². The molecule has 4 heteroatoms. The minimum Gasteiger partial charge on any atom is -0.310 e. The van der Waals surface area contributed by atoms with Crippen LogP contribution in [0, 0.1) is 11.6 Å². The zero-order valence-electron chi connectivity index (χ0n) is 12.6. The summed E-state index contributed by atoms with van der Waals surface area (Å²) >= 11 is 0. The molecule has 1 aromatic rings. The number of rotatable bonds is 4. The van der Waals surface area contributed by atoms with Crippen molar-refractivity contribution in [2.75, 3.05) is 13.1 Å². The molecular formula is C17H24F2N2. The Morgan fingerprint density at radius 3 is 2.71 bits per heavy atom. The van der Waals surface area contributed by atoms with Crippen LogP contribution in [0.2, 0.25) is 0 Å². The van der Waals surface area contributed by atoms with E-state index in [0.29, 0.717) is 18.5 Å². The van der Waals surface area contributed by atoms with Crippen molar-refractivity contribution < 1.29 is 8.78 Å². The number of nitrogens with one attached hydrogen (secondary N) is 1. The highest BCUT2D eigenvalue weighted by Gasteiger charge is 2.35. The number of benzene rings is 1. The molecule has 2 heterocycles. The standard InChI is InChI=1S/C17H24F2N2/c1-12(11-13-14(18)5-4-6-15(13)19)20-16-8-10-21-9-3-2-7-17(16)21/h4-6,12,16-17,20H,2-3,7-11H2,1H3. The third-order valence-corrected chi connectivity index (χ3v) is 4.93. The summed E-state index contributed by atoms with van der Waals surface area (Å²) in [7, 11) is 0. The number of hydrogen-bond donors (Lipinski definition) is 1. The summed E-state index contributed by atoms with van der Waals surface area (Å²) in [4.78, 5) is 2.57. The maximum atomic E-state index is 13.7. The Balaban J connectivity index is 1.60. The van der Waals surface area contributed by atoms with E-state index < -0.39 is 11.6 Å². The summed E-state index contributed by atoms with van der Waals surface area (Å²) in [6, 6.07) is 5.26. The minimum atomic E-state index is -0.436. The number of fused-ring (bicyclic) bond motifs is 1. The Morgan fingerprint density at radius 2 is 1.95 bits per heavy atom. The van der Waals surface area contributed by atoms with Crippen LogP contribution in [-0.4, -0.2) is 36.1 Å². The van der Waals surface area contributed by atoms with Gasteiger partial charge < -0.3 is 5.32 Å². The van der Waals surface area contributed by atoms with Crippen LogP contribution >= 0.6 is 0 Å². The molecule has 3 rings (SSSR count). The fourth-order valence-corrected chi connectivity index (χ4v) is 3.90. The van der Waals surface area contributed by atoms with Gasteiger partial charge in [-0.3, -0.25) is 4.90 Å². The first kappa shape index (κ1) is 14.9. The van der Waals surface area contributed by atoms with Crippen molar-refractivity contribution in [1.29, 1.82) is 0 Å². The van der Waals surface area contributed by atoms with E-state index in [-0.39, 0.29) is 11.6 Å². The minimum absolute atomic E-state index is 0.0864. The van der Waals surface area contributed by atoms with Gasteiger partial charge in [0.05, 0.1) is 0 Å². The van der Waals surface area contributed by atoms with Crippen molar-refractivity contribution in [3.63, 3.8) is 0 Å². The van der Waals surface area contributed by atoms with E-state index in [1.807, 2.05) is 6.92 Å². The average molecular weight is 294 g/mol. The van der Waals surface area contributed by atoms with E-state index >= 15 is 0 Å². The predicted molar refractivity (Wildman–Crippen MR) is 80.3 cm³/mol. The second kappa shape index (κ2) is 6.41. The van der Waals surface area contributed by atoms with Crippen molar-refractivity contribution in [2.45, 2.75) is 57.2 Å². The van der Waals surface area contributed by atoms with Crippen molar-refractivity contribution in [3.8, 4) is 0 Å². The lowest BCUT2D eigenvalue weighted by atomic mass is 9.97. The van der Waals surface area contributed by atoms with E-state index in [9.17, 15) is 8.78 Å². The molecule has 116 valence electrons. The molecule has 2 nitrogen and oxygen atoms in total. The molecule has 0 radical (unpaired) electrons. The van der Waals surface area contributed by atoms with Crippen LogP contribution in [0.25, 0.3) is 0 Å². The summed E-state index contributed by atoms with van der Waals surface area (Å²) in [5.41, 5.74) is 0.205. The fourth-order valence-electron chi connectivity index (χ4n) is 3.90. The molecular weight excluding hydrogens is 270 g/mol. The van der Waals surface area contributed by atoms with Gasteiger partial charge in [-0.15, -0.1) is 0 Å². The molecule has 0 bridgehead atoms. The Hall–Kier alpha value is -1.00. The molecule has 3 unspecified atom stereocenters. The van der Waals surface area contributed by atoms with Gasteiger partial charge in [-0.2, -0.15) is 0 Å². The molecule has 2 fully saturated rings. The van der Waals surface area contributed by atoms with Gasteiger partial charge in [0.15, 0.2) is 0 Å². The van der Waals surface area contributed by atoms with Crippen LogP contribution in [-0.2, 0) is 6.42 Å².